The van der Waals surface area contributed by atoms with E-state index < -0.39 is 5.97 Å². The van der Waals surface area contributed by atoms with Gasteiger partial charge in [-0.1, -0.05) is 60.6 Å². The van der Waals surface area contributed by atoms with Crippen molar-refractivity contribution >= 4 is 17.7 Å². The summed E-state index contributed by atoms with van der Waals surface area (Å²) in [4.78, 5) is 30.9. The van der Waals surface area contributed by atoms with Crippen LogP contribution in [0.5, 0.6) is 0 Å². The van der Waals surface area contributed by atoms with Gasteiger partial charge in [-0.3, -0.25) is 14.4 Å². The lowest BCUT2D eigenvalue weighted by molar-refractivity contribution is -0.143. The molecule has 0 radical (unpaired) electrons. The van der Waals surface area contributed by atoms with Gasteiger partial charge in [0, 0.05) is 19.9 Å². The van der Waals surface area contributed by atoms with Gasteiger partial charge in [-0.2, -0.15) is 0 Å². The Morgan fingerprint density at radius 1 is 1.07 bits per heavy atom. The number of allylic oxidation sites excluding steroid dienone is 3. The number of hydrogen-bond acceptors (Lipinski definition) is 3. The van der Waals surface area contributed by atoms with Gasteiger partial charge in [0.25, 0.3) is 0 Å². The molecule has 1 fully saturated rings. The summed E-state index contributed by atoms with van der Waals surface area (Å²) in [5.74, 6) is 0.419. The largest absolute Gasteiger partial charge is 0.481 e. The van der Waals surface area contributed by atoms with E-state index in [1.165, 1.54) is 6.42 Å². The van der Waals surface area contributed by atoms with E-state index in [4.69, 9.17) is 5.11 Å². The highest BCUT2D eigenvalue weighted by molar-refractivity contribution is 5.95. The molecule has 2 aliphatic rings. The Balaban J connectivity index is -0.000000321. The highest BCUT2D eigenvalue weighted by Crippen LogP contribution is 2.30. The van der Waals surface area contributed by atoms with Crippen molar-refractivity contribution in [3.05, 3.63) is 24.3 Å². The molecule has 2 aliphatic carbocycles. The third-order valence-electron chi connectivity index (χ3n) is 4.28. The van der Waals surface area contributed by atoms with E-state index >= 15 is 0 Å². The topological polar surface area (TPSA) is 83.5 Å². The summed E-state index contributed by atoms with van der Waals surface area (Å²) < 4.78 is 0. The molecule has 5 heteroatoms. The van der Waals surface area contributed by atoms with E-state index in [0.29, 0.717) is 12.8 Å². The van der Waals surface area contributed by atoms with Crippen molar-refractivity contribution in [2.24, 2.45) is 11.8 Å². The molecule has 0 bridgehead atoms. The van der Waals surface area contributed by atoms with Crippen LogP contribution in [0.15, 0.2) is 24.3 Å². The summed E-state index contributed by atoms with van der Waals surface area (Å²) in [5.41, 5.74) is 0.921. The maximum atomic E-state index is 10.5. The maximum absolute atomic E-state index is 10.5. The van der Waals surface area contributed by atoms with E-state index in [-0.39, 0.29) is 17.6 Å². The van der Waals surface area contributed by atoms with E-state index in [0.717, 1.165) is 37.2 Å². The van der Waals surface area contributed by atoms with E-state index in [2.05, 4.69) is 18.8 Å². The van der Waals surface area contributed by atoms with Gasteiger partial charge in [0.15, 0.2) is 5.78 Å². The number of amides is 1. The summed E-state index contributed by atoms with van der Waals surface area (Å²) in [6.45, 7) is 15.6. The smallest absolute Gasteiger partial charge is 0.306 e. The van der Waals surface area contributed by atoms with E-state index in [1.54, 1.807) is 19.2 Å². The highest BCUT2D eigenvalue weighted by atomic mass is 16.4. The molecular weight excluding hydrogens is 354 g/mol. The maximum Gasteiger partial charge on any atom is 0.306 e. The van der Waals surface area contributed by atoms with Crippen molar-refractivity contribution in [3.8, 4) is 0 Å². The molecule has 0 heterocycles. The molecule has 0 aliphatic heterocycles. The average Bonchev–Trinajstić information content (AvgIpc) is 3.13. The van der Waals surface area contributed by atoms with Gasteiger partial charge < -0.3 is 10.4 Å². The second-order valence-corrected chi connectivity index (χ2v) is 6.13. The Bertz CT molecular complexity index is 439. The fourth-order valence-electron chi connectivity index (χ4n) is 2.55. The van der Waals surface area contributed by atoms with Crippen LogP contribution in [-0.4, -0.2) is 29.8 Å². The molecule has 28 heavy (non-hydrogen) atoms. The van der Waals surface area contributed by atoms with Crippen LogP contribution in [-0.2, 0) is 14.4 Å². The SMILES string of the molecule is C=C1C=CC(=O)C1.CC.CC.CCC(=O)NC.CCC1CCC(C(=O)O)CC1. The molecule has 0 spiro atoms. The fraction of sp³-hybridized carbons (Fsp3) is 0.696. The lowest BCUT2D eigenvalue weighted by Crippen LogP contribution is -2.20. The molecule has 0 aromatic heterocycles. The predicted octanol–water partition coefficient (Wildman–Crippen LogP) is 5.55. The quantitative estimate of drug-likeness (QED) is 0.653. The first-order valence-electron chi connectivity index (χ1n) is 10.7. The first kappa shape index (κ1) is 30.8. The molecule has 0 unspecified atom stereocenters. The normalized spacial score (nSPS) is 19.2. The molecular formula is C23H43NO4. The molecule has 2 rings (SSSR count). The van der Waals surface area contributed by atoms with E-state index in [1.807, 2.05) is 34.6 Å². The Hall–Kier alpha value is -1.91. The molecule has 0 saturated heterocycles. The summed E-state index contributed by atoms with van der Waals surface area (Å²) in [5, 5.41) is 11.2. The standard InChI is InChI=1S/C9H16O2.C6H6O.C4H9NO.2C2H6/c1-2-7-3-5-8(6-4-7)9(10)11;1-5-2-3-6(7)4-5;1-3-4(6)5-2;2*1-2/h7-8H,2-6H2,1H3,(H,10,11);2-3H,1,4H2;3H2,1-2H3,(H,5,6);2*1-2H3. The Morgan fingerprint density at radius 3 is 1.75 bits per heavy atom. The zero-order chi connectivity index (χ0) is 22.5. The molecule has 0 aromatic rings. The summed E-state index contributed by atoms with van der Waals surface area (Å²) in [6.07, 6.45) is 9.66. The van der Waals surface area contributed by atoms with Gasteiger partial charge in [0.2, 0.25) is 5.91 Å². The number of rotatable bonds is 3. The van der Waals surface area contributed by atoms with Crippen molar-refractivity contribution in [1.82, 2.24) is 5.32 Å². The number of ketones is 1. The predicted molar refractivity (Wildman–Crippen MR) is 118 cm³/mol. The second-order valence-electron chi connectivity index (χ2n) is 6.13. The van der Waals surface area contributed by atoms with Crippen LogP contribution in [0.3, 0.4) is 0 Å². The third kappa shape index (κ3) is 17.5. The number of carbonyl (C=O) groups excluding carboxylic acids is 2. The summed E-state index contributed by atoms with van der Waals surface area (Å²) >= 11 is 0. The lowest BCUT2D eigenvalue weighted by Gasteiger charge is -2.24. The van der Waals surface area contributed by atoms with Gasteiger partial charge in [-0.25, -0.2) is 0 Å². The zero-order valence-electron chi connectivity index (χ0n) is 19.1. The Labute approximate surface area is 172 Å². The van der Waals surface area contributed by atoms with Gasteiger partial charge in [0.05, 0.1) is 5.92 Å². The number of carboxylic acids is 1. The monoisotopic (exact) mass is 397 g/mol. The number of aliphatic carboxylic acids is 1. The van der Waals surface area contributed by atoms with Gasteiger partial charge >= 0.3 is 5.97 Å². The number of nitrogens with one attached hydrogen (secondary N) is 1. The summed E-state index contributed by atoms with van der Waals surface area (Å²) in [7, 11) is 1.63. The van der Waals surface area contributed by atoms with Gasteiger partial charge in [-0.05, 0) is 43.3 Å². The number of hydrogen-bond donors (Lipinski definition) is 2. The minimum atomic E-state index is -0.598. The lowest BCUT2D eigenvalue weighted by atomic mass is 9.81. The molecule has 0 aromatic carbocycles. The van der Waals surface area contributed by atoms with Crippen molar-refractivity contribution in [1.29, 1.82) is 0 Å². The zero-order valence-corrected chi connectivity index (χ0v) is 19.1. The highest BCUT2D eigenvalue weighted by Gasteiger charge is 2.24. The molecule has 164 valence electrons. The Kier molecular flexibility index (Phi) is 23.5. The second kappa shape index (κ2) is 21.4. The minimum Gasteiger partial charge on any atom is -0.481 e. The van der Waals surface area contributed by atoms with Crippen molar-refractivity contribution in [3.63, 3.8) is 0 Å². The van der Waals surface area contributed by atoms with Crippen molar-refractivity contribution in [2.45, 2.75) is 86.5 Å². The first-order valence-corrected chi connectivity index (χ1v) is 10.7. The van der Waals surface area contributed by atoms with Gasteiger partial charge in [0.1, 0.15) is 0 Å². The van der Waals surface area contributed by atoms with Crippen LogP contribution >= 0.6 is 0 Å². The number of carboxylic acid groups (broad SMARTS) is 1. The van der Waals surface area contributed by atoms with Crippen LogP contribution in [0.1, 0.15) is 86.5 Å². The third-order valence-corrected chi connectivity index (χ3v) is 4.28. The van der Waals surface area contributed by atoms with Crippen molar-refractivity contribution in [2.75, 3.05) is 7.05 Å². The average molecular weight is 398 g/mol. The molecule has 1 amide bonds. The molecule has 1 saturated carbocycles. The molecule has 2 N–H and O–H groups in total. The first-order chi connectivity index (χ1) is 13.3. The van der Waals surface area contributed by atoms with Crippen LogP contribution in [0.2, 0.25) is 0 Å². The Morgan fingerprint density at radius 2 is 1.57 bits per heavy atom. The number of carbonyl (C=O) groups is 3. The minimum absolute atomic E-state index is 0.0437. The van der Waals surface area contributed by atoms with Gasteiger partial charge in [-0.15, -0.1) is 0 Å². The fourth-order valence-corrected chi connectivity index (χ4v) is 2.55. The summed E-state index contributed by atoms with van der Waals surface area (Å²) in [6, 6.07) is 0. The van der Waals surface area contributed by atoms with Crippen molar-refractivity contribution < 1.29 is 19.5 Å². The van der Waals surface area contributed by atoms with Crippen LogP contribution < -0.4 is 5.32 Å². The molecule has 0 atom stereocenters. The van der Waals surface area contributed by atoms with Crippen LogP contribution in [0.4, 0.5) is 0 Å². The van der Waals surface area contributed by atoms with Crippen LogP contribution in [0.25, 0.3) is 0 Å². The molecule has 5 nitrogen and oxygen atoms in total. The van der Waals surface area contributed by atoms with Crippen LogP contribution in [0, 0.1) is 11.8 Å². The van der Waals surface area contributed by atoms with E-state index in [9.17, 15) is 14.4 Å².